The fraction of sp³-hybridized carbons (Fsp3) is 0. The average Bonchev–Trinajstić information content (AvgIpc) is 3.04. The minimum atomic E-state index is -4.60. The van der Waals surface area contributed by atoms with Gasteiger partial charge in [0, 0.05) is 0 Å². The van der Waals surface area contributed by atoms with Crippen LogP contribution >= 0.6 is 0 Å². The normalized spacial score (nSPS) is 15.9. The van der Waals surface area contributed by atoms with Gasteiger partial charge in [0.2, 0.25) is 0 Å². The van der Waals surface area contributed by atoms with Crippen LogP contribution in [-0.2, 0) is 14.4 Å². The average molecular weight is 372 g/mol. The second-order valence-electron chi connectivity index (χ2n) is 5.47. The highest BCUT2D eigenvalue weighted by Crippen LogP contribution is 2.27. The maximum Gasteiger partial charge on any atom is 0.318 e. The number of carbonyl (C=O) groups excluding carboxylic acids is 4. The molecular formula is C16H8N2O7S. The smallest absolute Gasteiger partial charge is 0.288 e. The highest BCUT2D eigenvalue weighted by molar-refractivity contribution is 7.86. The Balaban J connectivity index is 1.69. The lowest BCUT2D eigenvalue weighted by Crippen LogP contribution is -2.32. The predicted octanol–water partition coefficient (Wildman–Crippen LogP) is 0.487. The number of hydrogen-bond acceptors (Lipinski definition) is 7. The Morgan fingerprint density at radius 2 is 1.35 bits per heavy atom. The van der Waals surface area contributed by atoms with E-state index in [2.05, 4.69) is 0 Å². The summed E-state index contributed by atoms with van der Waals surface area (Å²) in [7, 11) is -4.60. The van der Waals surface area contributed by atoms with Crippen molar-refractivity contribution < 1.29 is 31.9 Å². The van der Waals surface area contributed by atoms with Gasteiger partial charge in [-0.2, -0.15) is 8.42 Å². The molecule has 0 fully saturated rings. The van der Waals surface area contributed by atoms with Gasteiger partial charge in [0.15, 0.2) is 0 Å². The molecule has 2 heterocycles. The quantitative estimate of drug-likeness (QED) is 0.777. The molecule has 0 saturated carbocycles. The molecule has 2 aliphatic rings. The Labute approximate surface area is 146 Å². The fourth-order valence-electron chi connectivity index (χ4n) is 2.68. The van der Waals surface area contributed by atoms with E-state index in [0.29, 0.717) is 0 Å². The number of fused-ring (bicyclic) bond motifs is 2. The molecule has 4 rings (SSSR count). The number of rotatable bonds is 3. The maximum atomic E-state index is 12.4. The SMILES string of the molecule is O=C1NC(=O)c2cc(S(=O)(=O)ON3C(=O)c4ccccc4C3=O)ccc21. The van der Waals surface area contributed by atoms with Crippen LogP contribution in [0, 0.1) is 0 Å². The number of hydrogen-bond donors (Lipinski definition) is 1. The molecule has 2 aliphatic heterocycles. The van der Waals surface area contributed by atoms with E-state index in [1.165, 1.54) is 24.3 Å². The standard InChI is InChI=1S/C16H8N2O7S/c19-13-9-6-5-8(7-12(9)14(20)17-13)26(23,24)25-18-15(21)10-3-1-2-4-11(10)16(18)22/h1-7H,(H,17,19,20). The van der Waals surface area contributed by atoms with Crippen LogP contribution in [0.3, 0.4) is 0 Å². The Kier molecular flexibility index (Phi) is 3.29. The molecule has 4 amide bonds. The Bertz CT molecular complexity index is 1100. The van der Waals surface area contributed by atoms with E-state index in [1.54, 1.807) is 0 Å². The van der Waals surface area contributed by atoms with Crippen molar-refractivity contribution in [1.29, 1.82) is 0 Å². The summed E-state index contributed by atoms with van der Waals surface area (Å²) in [6, 6.07) is 8.94. The minimum Gasteiger partial charge on any atom is -0.288 e. The van der Waals surface area contributed by atoms with Crippen molar-refractivity contribution in [1.82, 2.24) is 10.4 Å². The first-order chi connectivity index (χ1) is 12.3. The molecule has 0 atom stereocenters. The molecule has 0 radical (unpaired) electrons. The van der Waals surface area contributed by atoms with Gasteiger partial charge >= 0.3 is 10.1 Å². The number of benzene rings is 2. The van der Waals surface area contributed by atoms with Gasteiger partial charge in [-0.1, -0.05) is 12.1 Å². The van der Waals surface area contributed by atoms with Gasteiger partial charge in [0.25, 0.3) is 23.6 Å². The highest BCUT2D eigenvalue weighted by atomic mass is 32.2. The van der Waals surface area contributed by atoms with Gasteiger partial charge in [-0.15, -0.1) is 9.35 Å². The second-order valence-corrected chi connectivity index (χ2v) is 7.00. The summed E-state index contributed by atoms with van der Waals surface area (Å²) in [5.74, 6) is -3.22. The lowest BCUT2D eigenvalue weighted by atomic mass is 10.1. The third-order valence-corrected chi connectivity index (χ3v) is 5.10. The molecule has 2 aromatic carbocycles. The minimum absolute atomic E-state index is 0.0200. The summed E-state index contributed by atoms with van der Waals surface area (Å²) in [6.07, 6.45) is 0. The van der Waals surface area contributed by atoms with Crippen LogP contribution in [0.4, 0.5) is 0 Å². The van der Waals surface area contributed by atoms with Crippen LogP contribution < -0.4 is 5.32 Å². The van der Waals surface area contributed by atoms with Gasteiger partial charge in [0.05, 0.1) is 27.1 Å². The van der Waals surface area contributed by atoms with E-state index in [4.69, 9.17) is 4.28 Å². The van der Waals surface area contributed by atoms with Gasteiger partial charge < -0.3 is 0 Å². The van der Waals surface area contributed by atoms with E-state index in [1.807, 2.05) is 5.32 Å². The Morgan fingerprint density at radius 3 is 1.96 bits per heavy atom. The van der Waals surface area contributed by atoms with Gasteiger partial charge in [-0.25, -0.2) is 0 Å². The zero-order chi connectivity index (χ0) is 18.6. The van der Waals surface area contributed by atoms with E-state index >= 15 is 0 Å². The predicted molar refractivity (Wildman–Crippen MR) is 83.5 cm³/mol. The lowest BCUT2D eigenvalue weighted by molar-refractivity contribution is -0.0104. The van der Waals surface area contributed by atoms with Crippen molar-refractivity contribution in [2.24, 2.45) is 0 Å². The molecule has 0 spiro atoms. The highest BCUT2D eigenvalue weighted by Gasteiger charge is 2.40. The van der Waals surface area contributed by atoms with Crippen LogP contribution in [0.1, 0.15) is 41.4 Å². The molecule has 0 bridgehead atoms. The molecule has 1 N–H and O–H groups in total. The number of nitrogens with zero attached hydrogens (tertiary/aromatic N) is 1. The van der Waals surface area contributed by atoms with Crippen molar-refractivity contribution in [2.45, 2.75) is 4.90 Å². The number of hydroxylamine groups is 2. The summed E-state index contributed by atoms with van der Waals surface area (Å²) < 4.78 is 29.6. The largest absolute Gasteiger partial charge is 0.318 e. The zero-order valence-electron chi connectivity index (χ0n) is 12.8. The summed E-state index contributed by atoms with van der Waals surface area (Å²) in [5, 5.41) is 2.18. The van der Waals surface area contributed by atoms with Crippen molar-refractivity contribution >= 4 is 33.7 Å². The molecule has 0 aliphatic carbocycles. The third-order valence-electron chi connectivity index (χ3n) is 3.93. The third kappa shape index (κ3) is 2.24. The maximum absolute atomic E-state index is 12.4. The van der Waals surface area contributed by atoms with E-state index in [-0.39, 0.29) is 27.3 Å². The molecule has 9 nitrogen and oxygen atoms in total. The van der Waals surface area contributed by atoms with Crippen LogP contribution in [0.15, 0.2) is 47.4 Å². The molecule has 2 aromatic rings. The second kappa shape index (κ2) is 5.31. The van der Waals surface area contributed by atoms with Gasteiger partial charge in [0.1, 0.15) is 0 Å². The summed E-state index contributed by atoms with van der Waals surface area (Å²) in [4.78, 5) is 47.1. The van der Waals surface area contributed by atoms with Crippen LogP contribution in [0.25, 0.3) is 0 Å². The van der Waals surface area contributed by atoms with Crippen LogP contribution in [-0.4, -0.2) is 37.1 Å². The Morgan fingerprint density at radius 1 is 0.769 bits per heavy atom. The first-order valence-electron chi connectivity index (χ1n) is 7.22. The van der Waals surface area contributed by atoms with Crippen LogP contribution in [0.5, 0.6) is 0 Å². The summed E-state index contributed by atoms with van der Waals surface area (Å²) in [6.45, 7) is 0. The van der Waals surface area contributed by atoms with E-state index in [9.17, 15) is 27.6 Å². The van der Waals surface area contributed by atoms with Crippen LogP contribution in [0.2, 0.25) is 0 Å². The van der Waals surface area contributed by atoms with E-state index in [0.717, 1.165) is 18.2 Å². The molecule has 0 unspecified atom stereocenters. The molecule has 130 valence electrons. The van der Waals surface area contributed by atoms with E-state index < -0.39 is 38.6 Å². The first-order valence-corrected chi connectivity index (χ1v) is 8.62. The lowest BCUT2D eigenvalue weighted by Gasteiger charge is -2.13. The van der Waals surface area contributed by atoms with Crippen molar-refractivity contribution in [3.63, 3.8) is 0 Å². The van der Waals surface area contributed by atoms with Gasteiger partial charge in [-0.3, -0.25) is 24.5 Å². The molecule has 10 heteroatoms. The monoisotopic (exact) mass is 372 g/mol. The van der Waals surface area contributed by atoms with Crippen molar-refractivity contribution in [2.75, 3.05) is 0 Å². The molecule has 0 saturated heterocycles. The Hall–Kier alpha value is -3.37. The fourth-order valence-corrected chi connectivity index (χ4v) is 3.59. The number of imide groups is 2. The molecule has 26 heavy (non-hydrogen) atoms. The first kappa shape index (κ1) is 16.1. The summed E-state index contributed by atoms with van der Waals surface area (Å²) >= 11 is 0. The molecule has 0 aromatic heterocycles. The van der Waals surface area contributed by atoms with Gasteiger partial charge in [-0.05, 0) is 30.3 Å². The zero-order valence-corrected chi connectivity index (χ0v) is 13.6. The number of nitrogens with one attached hydrogen (secondary N) is 1. The van der Waals surface area contributed by atoms with Crippen molar-refractivity contribution in [3.05, 3.63) is 64.7 Å². The summed E-state index contributed by atoms with van der Waals surface area (Å²) in [5.41, 5.74) is -0.0741. The number of amides is 4. The molecular weight excluding hydrogens is 364 g/mol. The van der Waals surface area contributed by atoms with Crippen molar-refractivity contribution in [3.8, 4) is 0 Å². The number of carbonyl (C=O) groups is 4. The topological polar surface area (TPSA) is 127 Å².